The smallest absolute Gasteiger partial charge is 0.299 e. The molecular formula is C24H22N4O3. The van der Waals surface area contributed by atoms with E-state index in [1.165, 1.54) is 10.7 Å². The fourth-order valence-electron chi connectivity index (χ4n) is 3.19. The number of aromatic hydroxyl groups is 1. The number of ether oxygens (including phenoxy) is 1. The minimum atomic E-state index is -0.286. The van der Waals surface area contributed by atoms with Gasteiger partial charge in [0, 0.05) is 13.1 Å². The van der Waals surface area contributed by atoms with Gasteiger partial charge in [0.15, 0.2) is 5.69 Å². The first-order valence-corrected chi connectivity index (χ1v) is 9.80. The van der Waals surface area contributed by atoms with Crippen molar-refractivity contribution >= 4 is 11.4 Å². The van der Waals surface area contributed by atoms with E-state index >= 15 is 0 Å². The first kappa shape index (κ1) is 20.2. The SMILES string of the molecule is Cc1c(N=Nc2cc(OCc3ccccc3)ccc2O)c(=O)n(-c2ccccc2)n1C. The topological polar surface area (TPSA) is 81.1 Å². The highest BCUT2D eigenvalue weighted by Gasteiger charge is 2.16. The maximum absolute atomic E-state index is 12.9. The van der Waals surface area contributed by atoms with Crippen LogP contribution in [0.4, 0.5) is 11.4 Å². The Hall–Kier alpha value is -4.13. The number of benzene rings is 3. The van der Waals surface area contributed by atoms with Gasteiger partial charge >= 0.3 is 0 Å². The van der Waals surface area contributed by atoms with Gasteiger partial charge in [0.1, 0.15) is 23.8 Å². The third kappa shape index (κ3) is 4.25. The number of para-hydroxylation sites is 1. The van der Waals surface area contributed by atoms with Gasteiger partial charge in [-0.25, -0.2) is 4.68 Å². The Balaban J connectivity index is 1.61. The number of hydrogen-bond acceptors (Lipinski definition) is 5. The van der Waals surface area contributed by atoms with Crippen molar-refractivity contribution in [1.29, 1.82) is 0 Å². The van der Waals surface area contributed by atoms with Crippen molar-refractivity contribution in [1.82, 2.24) is 9.36 Å². The van der Waals surface area contributed by atoms with Crippen LogP contribution >= 0.6 is 0 Å². The number of nitrogens with zero attached hydrogens (tertiary/aromatic N) is 4. The molecule has 0 atom stereocenters. The van der Waals surface area contributed by atoms with Crippen LogP contribution in [-0.4, -0.2) is 14.5 Å². The van der Waals surface area contributed by atoms with Gasteiger partial charge in [-0.05, 0) is 36.8 Å². The fourth-order valence-corrected chi connectivity index (χ4v) is 3.19. The van der Waals surface area contributed by atoms with Crippen LogP contribution in [-0.2, 0) is 13.7 Å². The summed E-state index contributed by atoms with van der Waals surface area (Å²) in [5.41, 5.74) is 2.57. The van der Waals surface area contributed by atoms with Crippen molar-refractivity contribution in [2.75, 3.05) is 0 Å². The molecule has 0 saturated carbocycles. The molecule has 0 aliphatic carbocycles. The summed E-state index contributed by atoms with van der Waals surface area (Å²) in [7, 11) is 1.79. The molecule has 0 unspecified atom stereocenters. The molecule has 3 aromatic carbocycles. The summed E-state index contributed by atoms with van der Waals surface area (Å²) >= 11 is 0. The largest absolute Gasteiger partial charge is 0.506 e. The number of phenols is 1. The predicted molar refractivity (Wildman–Crippen MR) is 119 cm³/mol. The average Bonchev–Trinajstić information content (AvgIpc) is 3.01. The molecule has 7 heteroatoms. The van der Waals surface area contributed by atoms with Crippen LogP contribution in [0.5, 0.6) is 11.5 Å². The zero-order valence-electron chi connectivity index (χ0n) is 17.3. The number of hydrogen-bond donors (Lipinski definition) is 1. The highest BCUT2D eigenvalue weighted by molar-refractivity contribution is 5.55. The maximum atomic E-state index is 12.9. The summed E-state index contributed by atoms with van der Waals surface area (Å²) in [6.07, 6.45) is 0. The number of rotatable bonds is 6. The van der Waals surface area contributed by atoms with E-state index < -0.39 is 0 Å². The van der Waals surface area contributed by atoms with Gasteiger partial charge in [-0.15, -0.1) is 10.2 Å². The third-order valence-corrected chi connectivity index (χ3v) is 4.98. The average molecular weight is 414 g/mol. The van der Waals surface area contributed by atoms with Gasteiger partial charge in [0.2, 0.25) is 0 Å². The normalized spacial score (nSPS) is 11.2. The minimum Gasteiger partial charge on any atom is -0.506 e. The fraction of sp³-hybridized carbons (Fsp3) is 0.125. The first-order valence-electron chi connectivity index (χ1n) is 9.80. The van der Waals surface area contributed by atoms with Crippen molar-refractivity contribution in [2.24, 2.45) is 17.3 Å². The minimum absolute atomic E-state index is 0.0484. The molecule has 1 heterocycles. The van der Waals surface area contributed by atoms with Crippen molar-refractivity contribution in [3.63, 3.8) is 0 Å². The van der Waals surface area contributed by atoms with E-state index in [1.807, 2.05) is 60.7 Å². The molecule has 0 amide bonds. The predicted octanol–water partition coefficient (Wildman–Crippen LogP) is 5.18. The summed E-state index contributed by atoms with van der Waals surface area (Å²) in [6, 6.07) is 23.8. The van der Waals surface area contributed by atoms with Gasteiger partial charge in [0.25, 0.3) is 5.56 Å². The summed E-state index contributed by atoms with van der Waals surface area (Å²) in [4.78, 5) is 12.9. The Morgan fingerprint density at radius 3 is 2.32 bits per heavy atom. The molecular weight excluding hydrogens is 392 g/mol. The quantitative estimate of drug-likeness (QED) is 0.441. The number of azo groups is 1. The van der Waals surface area contributed by atoms with Gasteiger partial charge in [0.05, 0.1) is 11.4 Å². The monoisotopic (exact) mass is 414 g/mol. The summed E-state index contributed by atoms with van der Waals surface area (Å²) in [5, 5.41) is 18.5. The van der Waals surface area contributed by atoms with Crippen molar-refractivity contribution in [3.05, 3.63) is 100 Å². The Morgan fingerprint density at radius 1 is 0.935 bits per heavy atom. The van der Waals surface area contributed by atoms with E-state index in [4.69, 9.17) is 4.74 Å². The van der Waals surface area contributed by atoms with E-state index in [1.54, 1.807) is 30.8 Å². The van der Waals surface area contributed by atoms with Crippen LogP contribution in [0.1, 0.15) is 11.3 Å². The van der Waals surface area contributed by atoms with Gasteiger partial charge in [-0.1, -0.05) is 48.5 Å². The Morgan fingerprint density at radius 2 is 1.61 bits per heavy atom. The highest BCUT2D eigenvalue weighted by Crippen LogP contribution is 2.32. The maximum Gasteiger partial charge on any atom is 0.299 e. The summed E-state index contributed by atoms with van der Waals surface area (Å²) in [6.45, 7) is 2.19. The van der Waals surface area contributed by atoms with Crippen molar-refractivity contribution in [2.45, 2.75) is 13.5 Å². The van der Waals surface area contributed by atoms with Crippen LogP contribution in [0.15, 0.2) is 93.9 Å². The molecule has 1 N–H and O–H groups in total. The number of aromatic nitrogens is 2. The second-order valence-electron chi connectivity index (χ2n) is 7.03. The molecule has 0 bridgehead atoms. The summed E-state index contributed by atoms with van der Waals surface area (Å²) in [5.74, 6) is 0.495. The van der Waals surface area contributed by atoms with Gasteiger partial charge < -0.3 is 9.84 Å². The van der Waals surface area contributed by atoms with Crippen LogP contribution in [0, 0.1) is 6.92 Å². The molecule has 0 aliphatic rings. The van der Waals surface area contributed by atoms with Crippen LogP contribution in [0.25, 0.3) is 5.69 Å². The van der Waals surface area contributed by atoms with E-state index in [-0.39, 0.29) is 22.7 Å². The second kappa shape index (κ2) is 8.71. The standard InChI is InChI=1S/C24H22N4O3/c1-17-23(24(30)28(27(17)2)19-11-7-4-8-12-19)26-25-21-15-20(13-14-22(21)29)31-16-18-9-5-3-6-10-18/h3-15,29H,16H2,1-2H3. The number of phenolic OH excluding ortho intramolecular Hbond substituents is 1. The van der Waals surface area contributed by atoms with E-state index in [0.29, 0.717) is 18.1 Å². The van der Waals surface area contributed by atoms with E-state index in [0.717, 1.165) is 11.3 Å². The second-order valence-corrected chi connectivity index (χ2v) is 7.03. The molecule has 4 aromatic rings. The summed E-state index contributed by atoms with van der Waals surface area (Å²) < 4.78 is 9.04. The Bertz CT molecular complexity index is 1280. The molecule has 31 heavy (non-hydrogen) atoms. The lowest BCUT2D eigenvalue weighted by molar-refractivity contribution is 0.306. The molecule has 156 valence electrons. The van der Waals surface area contributed by atoms with Crippen LogP contribution in [0.3, 0.4) is 0 Å². The van der Waals surface area contributed by atoms with E-state index in [9.17, 15) is 9.90 Å². The molecule has 7 nitrogen and oxygen atoms in total. The molecule has 0 fully saturated rings. The third-order valence-electron chi connectivity index (χ3n) is 4.98. The lowest BCUT2D eigenvalue weighted by Gasteiger charge is -2.07. The zero-order chi connectivity index (χ0) is 21.8. The first-order chi connectivity index (χ1) is 15.0. The Kier molecular flexibility index (Phi) is 5.66. The molecule has 4 rings (SSSR count). The van der Waals surface area contributed by atoms with Crippen LogP contribution in [0.2, 0.25) is 0 Å². The molecule has 1 aromatic heterocycles. The molecule has 0 spiro atoms. The molecule has 0 radical (unpaired) electrons. The van der Waals surface area contributed by atoms with Crippen molar-refractivity contribution < 1.29 is 9.84 Å². The lowest BCUT2D eigenvalue weighted by Crippen LogP contribution is -2.19. The van der Waals surface area contributed by atoms with E-state index in [2.05, 4.69) is 10.2 Å². The van der Waals surface area contributed by atoms with Crippen LogP contribution < -0.4 is 10.3 Å². The highest BCUT2D eigenvalue weighted by atomic mass is 16.5. The molecule has 0 aliphatic heterocycles. The zero-order valence-corrected chi connectivity index (χ0v) is 17.3. The Labute approximate surface area is 179 Å². The van der Waals surface area contributed by atoms with Crippen molar-refractivity contribution in [3.8, 4) is 17.2 Å². The van der Waals surface area contributed by atoms with Gasteiger partial charge in [-0.3, -0.25) is 9.48 Å². The lowest BCUT2D eigenvalue weighted by atomic mass is 10.2. The van der Waals surface area contributed by atoms with Gasteiger partial charge in [-0.2, -0.15) is 0 Å². The molecule has 0 saturated heterocycles.